The summed E-state index contributed by atoms with van der Waals surface area (Å²) < 4.78 is 0. The van der Waals surface area contributed by atoms with E-state index in [9.17, 15) is 0 Å². The second-order valence-corrected chi connectivity index (χ2v) is 4.31. The molecule has 14 heavy (non-hydrogen) atoms. The average molecular weight is 211 g/mol. The Morgan fingerprint density at radius 1 is 1.43 bits per heavy atom. The average Bonchev–Trinajstić information content (AvgIpc) is 2.16. The van der Waals surface area contributed by atoms with E-state index in [4.69, 9.17) is 11.6 Å². The van der Waals surface area contributed by atoms with Gasteiger partial charge in [0.1, 0.15) is 0 Å². The van der Waals surface area contributed by atoms with E-state index < -0.39 is 0 Å². The van der Waals surface area contributed by atoms with E-state index in [0.29, 0.717) is 6.04 Å². The van der Waals surface area contributed by atoms with Crippen LogP contribution in [0.15, 0.2) is 18.2 Å². The van der Waals surface area contributed by atoms with Gasteiger partial charge in [0.25, 0.3) is 0 Å². The van der Waals surface area contributed by atoms with E-state index in [0.717, 1.165) is 23.8 Å². The highest BCUT2D eigenvalue weighted by atomic mass is 35.5. The molecule has 1 heterocycles. The first-order valence-corrected chi connectivity index (χ1v) is 5.36. The lowest BCUT2D eigenvalue weighted by atomic mass is 10.1. The summed E-state index contributed by atoms with van der Waals surface area (Å²) >= 11 is 5.95. The van der Waals surface area contributed by atoms with Crippen LogP contribution in [0.25, 0.3) is 0 Å². The molecule has 0 saturated heterocycles. The quantitative estimate of drug-likeness (QED) is 0.767. The van der Waals surface area contributed by atoms with Gasteiger partial charge in [-0.2, -0.15) is 0 Å². The molecule has 0 amide bonds. The normalized spacial score (nSPS) is 15.3. The zero-order valence-corrected chi connectivity index (χ0v) is 9.30. The molecule has 0 aromatic heterocycles. The molecule has 0 fully saturated rings. The highest BCUT2D eigenvalue weighted by Gasteiger charge is 2.18. The third-order valence-corrected chi connectivity index (χ3v) is 2.79. The number of nitrogens with zero attached hydrogens (tertiary/aromatic N) is 1. The second-order valence-electron chi connectivity index (χ2n) is 3.88. The van der Waals surface area contributed by atoms with Crippen molar-refractivity contribution in [2.24, 2.45) is 0 Å². The molecule has 1 N–H and O–H groups in total. The van der Waals surface area contributed by atoms with Gasteiger partial charge in [0.05, 0.1) is 11.4 Å². The van der Waals surface area contributed by atoms with Crippen molar-refractivity contribution in [3.05, 3.63) is 23.2 Å². The fraction of sp³-hybridized carbons (Fsp3) is 0.455. The minimum Gasteiger partial charge on any atom is -0.382 e. The van der Waals surface area contributed by atoms with Crippen molar-refractivity contribution in [1.29, 1.82) is 0 Å². The first kappa shape index (κ1) is 9.66. The zero-order valence-electron chi connectivity index (χ0n) is 8.55. The molecule has 0 unspecified atom stereocenters. The number of hydrogen-bond acceptors (Lipinski definition) is 2. The van der Waals surface area contributed by atoms with Gasteiger partial charge in [-0.1, -0.05) is 11.6 Å². The molecule has 0 aliphatic carbocycles. The van der Waals surface area contributed by atoms with Crippen LogP contribution in [0.5, 0.6) is 0 Å². The molecule has 1 aromatic rings. The molecule has 3 heteroatoms. The number of hydrogen-bond donors (Lipinski definition) is 1. The Hall–Kier alpha value is -0.890. The number of fused-ring (bicyclic) bond motifs is 1. The van der Waals surface area contributed by atoms with Crippen molar-refractivity contribution in [1.82, 2.24) is 0 Å². The second kappa shape index (κ2) is 3.70. The summed E-state index contributed by atoms with van der Waals surface area (Å²) in [5.41, 5.74) is 2.41. The first-order valence-electron chi connectivity index (χ1n) is 4.98. The number of benzene rings is 1. The molecule has 1 aliphatic heterocycles. The van der Waals surface area contributed by atoms with Gasteiger partial charge >= 0.3 is 0 Å². The molecule has 0 radical (unpaired) electrons. The van der Waals surface area contributed by atoms with Crippen molar-refractivity contribution < 1.29 is 0 Å². The van der Waals surface area contributed by atoms with Gasteiger partial charge in [0.15, 0.2) is 0 Å². The number of rotatable bonds is 1. The first-order chi connectivity index (χ1) is 6.68. The third-order valence-electron chi connectivity index (χ3n) is 2.56. The van der Waals surface area contributed by atoms with Gasteiger partial charge in [-0.3, -0.25) is 0 Å². The molecule has 1 aliphatic rings. The molecule has 0 atom stereocenters. The summed E-state index contributed by atoms with van der Waals surface area (Å²) in [5.74, 6) is 0. The minimum atomic E-state index is 0.539. The molecular formula is C11H15ClN2. The summed E-state index contributed by atoms with van der Waals surface area (Å²) in [6.07, 6.45) is 0. The fourth-order valence-corrected chi connectivity index (χ4v) is 2.04. The van der Waals surface area contributed by atoms with Gasteiger partial charge in [-0.15, -0.1) is 0 Å². The number of anilines is 2. The minimum absolute atomic E-state index is 0.539. The number of nitrogens with one attached hydrogen (secondary N) is 1. The Bertz CT molecular complexity index is 336. The molecule has 0 spiro atoms. The zero-order chi connectivity index (χ0) is 10.1. The lowest BCUT2D eigenvalue weighted by Crippen LogP contribution is -2.38. The van der Waals surface area contributed by atoms with Crippen molar-refractivity contribution in [2.75, 3.05) is 23.3 Å². The summed E-state index contributed by atoms with van der Waals surface area (Å²) in [4.78, 5) is 2.39. The van der Waals surface area contributed by atoms with Crippen molar-refractivity contribution in [3.8, 4) is 0 Å². The van der Waals surface area contributed by atoms with Crippen LogP contribution in [0.2, 0.25) is 5.02 Å². The van der Waals surface area contributed by atoms with E-state index in [1.54, 1.807) is 0 Å². The predicted octanol–water partition coefficient (Wildman–Crippen LogP) is 2.98. The van der Waals surface area contributed by atoms with Crippen LogP contribution >= 0.6 is 11.6 Å². The maximum atomic E-state index is 5.95. The Morgan fingerprint density at radius 3 is 2.93 bits per heavy atom. The van der Waals surface area contributed by atoms with Crippen molar-refractivity contribution in [3.63, 3.8) is 0 Å². The van der Waals surface area contributed by atoms with Gasteiger partial charge < -0.3 is 10.2 Å². The molecule has 0 saturated carbocycles. The molecule has 1 aromatic carbocycles. The highest BCUT2D eigenvalue weighted by Crippen LogP contribution is 2.32. The monoisotopic (exact) mass is 210 g/mol. The van der Waals surface area contributed by atoms with Crippen LogP contribution in [0, 0.1) is 0 Å². The molecule has 2 nitrogen and oxygen atoms in total. The Morgan fingerprint density at radius 2 is 2.21 bits per heavy atom. The molecule has 0 bridgehead atoms. The number of halogens is 1. The standard InChI is InChI=1S/C11H15ClN2/c1-8(2)14-6-5-13-10-7-9(12)3-4-11(10)14/h3-4,7-8,13H,5-6H2,1-2H3. The Kier molecular flexibility index (Phi) is 2.55. The van der Waals surface area contributed by atoms with Crippen LogP contribution in [0.3, 0.4) is 0 Å². The van der Waals surface area contributed by atoms with Gasteiger partial charge in [-0.25, -0.2) is 0 Å². The largest absolute Gasteiger partial charge is 0.382 e. The summed E-state index contributed by atoms with van der Waals surface area (Å²) in [6.45, 7) is 6.48. The smallest absolute Gasteiger partial charge is 0.0606 e. The summed E-state index contributed by atoms with van der Waals surface area (Å²) in [6, 6.07) is 6.56. The summed E-state index contributed by atoms with van der Waals surface area (Å²) in [7, 11) is 0. The third kappa shape index (κ3) is 1.67. The van der Waals surface area contributed by atoms with Crippen LogP contribution in [-0.2, 0) is 0 Å². The Balaban J connectivity index is 2.40. The predicted molar refractivity (Wildman–Crippen MR) is 62.4 cm³/mol. The van der Waals surface area contributed by atoms with Crippen LogP contribution in [0.4, 0.5) is 11.4 Å². The summed E-state index contributed by atoms with van der Waals surface area (Å²) in [5, 5.41) is 4.16. The molecule has 2 rings (SSSR count). The highest BCUT2D eigenvalue weighted by molar-refractivity contribution is 6.31. The Labute approximate surface area is 89.9 Å². The fourth-order valence-electron chi connectivity index (χ4n) is 1.87. The van der Waals surface area contributed by atoms with E-state index in [-0.39, 0.29) is 0 Å². The van der Waals surface area contributed by atoms with Gasteiger partial charge in [0, 0.05) is 24.2 Å². The van der Waals surface area contributed by atoms with E-state index in [2.05, 4.69) is 30.1 Å². The SMILES string of the molecule is CC(C)N1CCNc2cc(Cl)ccc21. The van der Waals surface area contributed by atoms with Crippen molar-refractivity contribution >= 4 is 23.0 Å². The van der Waals surface area contributed by atoms with Gasteiger partial charge in [0.2, 0.25) is 0 Å². The lowest BCUT2D eigenvalue weighted by Gasteiger charge is -2.35. The maximum absolute atomic E-state index is 5.95. The van der Waals surface area contributed by atoms with Crippen LogP contribution in [-0.4, -0.2) is 19.1 Å². The van der Waals surface area contributed by atoms with Crippen LogP contribution < -0.4 is 10.2 Å². The van der Waals surface area contributed by atoms with Crippen LogP contribution in [0.1, 0.15) is 13.8 Å². The molecule has 76 valence electrons. The van der Waals surface area contributed by atoms with Crippen molar-refractivity contribution in [2.45, 2.75) is 19.9 Å². The van der Waals surface area contributed by atoms with E-state index >= 15 is 0 Å². The lowest BCUT2D eigenvalue weighted by molar-refractivity contribution is 0.681. The van der Waals surface area contributed by atoms with E-state index in [1.807, 2.05) is 12.1 Å². The molecular weight excluding hydrogens is 196 g/mol. The van der Waals surface area contributed by atoms with Gasteiger partial charge in [-0.05, 0) is 32.0 Å². The maximum Gasteiger partial charge on any atom is 0.0606 e. The topological polar surface area (TPSA) is 15.3 Å². The van der Waals surface area contributed by atoms with E-state index in [1.165, 1.54) is 5.69 Å².